The fourth-order valence-corrected chi connectivity index (χ4v) is 2.47. The Labute approximate surface area is 123 Å². The number of aromatic nitrogens is 1. The molecule has 1 amide bonds. The average Bonchev–Trinajstić information content (AvgIpc) is 2.43. The maximum Gasteiger partial charge on any atom is 0.273 e. The molecule has 1 rings (SSSR count). The zero-order chi connectivity index (χ0) is 14.3. The van der Waals surface area contributed by atoms with Crippen LogP contribution in [0.5, 0.6) is 0 Å². The molecule has 0 radical (unpaired) electrons. The maximum absolute atomic E-state index is 12.6. The van der Waals surface area contributed by atoms with Crippen molar-refractivity contribution in [1.82, 2.24) is 9.88 Å². The summed E-state index contributed by atoms with van der Waals surface area (Å²) in [5, 5.41) is 0. The monoisotopic (exact) mass is 328 g/mol. The lowest BCUT2D eigenvalue weighted by Crippen LogP contribution is -2.42. The summed E-state index contributed by atoms with van der Waals surface area (Å²) in [5.41, 5.74) is 0.463. The minimum Gasteiger partial charge on any atom is -0.383 e. The van der Waals surface area contributed by atoms with Gasteiger partial charge in [0.15, 0.2) is 0 Å². The van der Waals surface area contributed by atoms with E-state index in [9.17, 15) is 4.79 Å². The van der Waals surface area contributed by atoms with Crippen LogP contribution in [0.2, 0.25) is 0 Å². The van der Waals surface area contributed by atoms with Crippen LogP contribution < -0.4 is 0 Å². The molecule has 0 fully saturated rings. The van der Waals surface area contributed by atoms with Gasteiger partial charge >= 0.3 is 0 Å². The van der Waals surface area contributed by atoms with Crippen LogP contribution in [0.1, 0.15) is 37.2 Å². The summed E-state index contributed by atoms with van der Waals surface area (Å²) in [6.07, 6.45) is 3.49. The summed E-state index contributed by atoms with van der Waals surface area (Å²) < 4.78 is 5.83. The summed E-state index contributed by atoms with van der Waals surface area (Å²) >= 11 is 3.39. The van der Waals surface area contributed by atoms with Crippen LogP contribution in [-0.4, -0.2) is 42.1 Å². The van der Waals surface area contributed by atoms with E-state index in [-0.39, 0.29) is 11.9 Å². The van der Waals surface area contributed by atoms with Crippen molar-refractivity contribution in [2.24, 2.45) is 0 Å². The Bertz CT molecular complexity index is 408. The van der Waals surface area contributed by atoms with E-state index in [0.717, 1.165) is 17.3 Å². The molecule has 0 saturated heterocycles. The van der Waals surface area contributed by atoms with Crippen LogP contribution in [0, 0.1) is 0 Å². The number of ether oxygens (including phenoxy) is 1. The van der Waals surface area contributed by atoms with E-state index in [4.69, 9.17) is 4.74 Å². The van der Waals surface area contributed by atoms with Gasteiger partial charge in [-0.25, -0.2) is 4.98 Å². The van der Waals surface area contributed by atoms with Crippen LogP contribution in [0.4, 0.5) is 0 Å². The molecule has 0 spiro atoms. The second-order valence-corrected chi connectivity index (χ2v) is 5.15. The number of nitrogens with zero attached hydrogens (tertiary/aromatic N) is 2. The molecular formula is C14H21BrN2O2. The molecule has 1 aromatic rings. The molecule has 0 bridgehead atoms. The normalized spacial score (nSPS) is 10.8. The molecule has 0 aliphatic heterocycles. The Kier molecular flexibility index (Phi) is 7.02. The first-order chi connectivity index (χ1) is 9.15. The molecule has 0 atom stereocenters. The fourth-order valence-electron chi connectivity index (χ4n) is 2.05. The first kappa shape index (κ1) is 16.1. The molecule has 4 nitrogen and oxygen atoms in total. The Morgan fingerprint density at radius 3 is 2.68 bits per heavy atom. The molecule has 0 N–H and O–H groups in total. The third-order valence-corrected chi connectivity index (χ3v) is 3.78. The quantitative estimate of drug-likeness (QED) is 0.772. The Morgan fingerprint density at radius 2 is 2.16 bits per heavy atom. The molecule has 19 heavy (non-hydrogen) atoms. The lowest BCUT2D eigenvalue weighted by atomic mass is 10.1. The maximum atomic E-state index is 12.6. The second-order valence-electron chi connectivity index (χ2n) is 4.30. The van der Waals surface area contributed by atoms with E-state index in [1.807, 2.05) is 11.0 Å². The molecule has 106 valence electrons. The van der Waals surface area contributed by atoms with Crippen molar-refractivity contribution in [3.63, 3.8) is 0 Å². The highest BCUT2D eigenvalue weighted by Gasteiger charge is 2.24. The van der Waals surface area contributed by atoms with Gasteiger partial charge in [-0.3, -0.25) is 4.79 Å². The summed E-state index contributed by atoms with van der Waals surface area (Å²) in [6.45, 7) is 5.31. The zero-order valence-electron chi connectivity index (χ0n) is 11.7. The minimum atomic E-state index is -0.0433. The minimum absolute atomic E-state index is 0.0433. The smallest absolute Gasteiger partial charge is 0.273 e. The first-order valence-corrected chi connectivity index (χ1v) is 7.35. The number of hydrogen-bond donors (Lipinski definition) is 0. The predicted octanol–water partition coefficient (Wildman–Crippen LogP) is 3.12. The molecular weight excluding hydrogens is 308 g/mol. The van der Waals surface area contributed by atoms with Crippen LogP contribution in [0.25, 0.3) is 0 Å². The molecule has 5 heteroatoms. The van der Waals surface area contributed by atoms with Crippen LogP contribution in [0.15, 0.2) is 22.8 Å². The largest absolute Gasteiger partial charge is 0.383 e. The molecule has 0 aliphatic rings. The van der Waals surface area contributed by atoms with Crippen LogP contribution >= 0.6 is 15.9 Å². The number of methoxy groups -OCH3 is 1. The van der Waals surface area contributed by atoms with Crippen molar-refractivity contribution in [1.29, 1.82) is 0 Å². The predicted molar refractivity (Wildman–Crippen MR) is 79.2 cm³/mol. The Morgan fingerprint density at radius 1 is 1.47 bits per heavy atom. The van der Waals surface area contributed by atoms with E-state index in [1.165, 1.54) is 0 Å². The first-order valence-electron chi connectivity index (χ1n) is 6.56. The van der Waals surface area contributed by atoms with Gasteiger partial charge in [-0.05, 0) is 40.9 Å². The standard InChI is InChI=1S/C14H21BrN2O2/c1-4-11(5-2)17(9-10-19-3)14(18)13-12(15)7-6-8-16-13/h6-8,11H,4-5,9-10H2,1-3H3. The zero-order valence-corrected chi connectivity index (χ0v) is 13.3. The number of amides is 1. The van der Waals surface area contributed by atoms with E-state index in [2.05, 4.69) is 34.8 Å². The summed E-state index contributed by atoms with van der Waals surface area (Å²) in [7, 11) is 1.65. The Hall–Kier alpha value is -0.940. The highest BCUT2D eigenvalue weighted by Crippen LogP contribution is 2.18. The summed E-state index contributed by atoms with van der Waals surface area (Å²) in [5.74, 6) is -0.0433. The van der Waals surface area contributed by atoms with Crippen molar-refractivity contribution in [3.8, 4) is 0 Å². The van der Waals surface area contributed by atoms with E-state index in [0.29, 0.717) is 18.8 Å². The van der Waals surface area contributed by atoms with Crippen molar-refractivity contribution in [2.45, 2.75) is 32.7 Å². The van der Waals surface area contributed by atoms with Gasteiger partial charge in [0, 0.05) is 30.4 Å². The fraction of sp³-hybridized carbons (Fsp3) is 0.571. The van der Waals surface area contributed by atoms with Gasteiger partial charge in [0.25, 0.3) is 5.91 Å². The topological polar surface area (TPSA) is 42.4 Å². The number of pyridine rings is 1. The van der Waals surface area contributed by atoms with E-state index >= 15 is 0 Å². The Balaban J connectivity index is 2.96. The summed E-state index contributed by atoms with van der Waals surface area (Å²) in [6, 6.07) is 3.86. The highest BCUT2D eigenvalue weighted by atomic mass is 79.9. The molecule has 0 aromatic carbocycles. The van der Waals surface area contributed by atoms with Crippen molar-refractivity contribution in [2.75, 3.05) is 20.3 Å². The molecule has 0 aliphatic carbocycles. The van der Waals surface area contributed by atoms with Crippen LogP contribution in [-0.2, 0) is 4.74 Å². The average molecular weight is 329 g/mol. The molecule has 0 unspecified atom stereocenters. The lowest BCUT2D eigenvalue weighted by Gasteiger charge is -2.30. The van der Waals surface area contributed by atoms with Crippen molar-refractivity contribution in [3.05, 3.63) is 28.5 Å². The molecule has 0 saturated carbocycles. The summed E-state index contributed by atoms with van der Waals surface area (Å²) in [4.78, 5) is 18.6. The highest BCUT2D eigenvalue weighted by molar-refractivity contribution is 9.10. The number of carbonyl (C=O) groups is 1. The van der Waals surface area contributed by atoms with Gasteiger partial charge < -0.3 is 9.64 Å². The van der Waals surface area contributed by atoms with Crippen molar-refractivity contribution >= 4 is 21.8 Å². The number of hydrogen-bond acceptors (Lipinski definition) is 3. The number of carbonyl (C=O) groups excluding carboxylic acids is 1. The number of rotatable bonds is 7. The van der Waals surface area contributed by atoms with Gasteiger partial charge in [-0.2, -0.15) is 0 Å². The van der Waals surface area contributed by atoms with Crippen LogP contribution in [0.3, 0.4) is 0 Å². The van der Waals surface area contributed by atoms with Crippen molar-refractivity contribution < 1.29 is 9.53 Å². The SMILES string of the molecule is CCC(CC)N(CCOC)C(=O)c1ncccc1Br. The third-order valence-electron chi connectivity index (χ3n) is 3.14. The van der Waals surface area contributed by atoms with E-state index < -0.39 is 0 Å². The lowest BCUT2D eigenvalue weighted by molar-refractivity contribution is 0.0582. The molecule has 1 aromatic heterocycles. The van der Waals surface area contributed by atoms with Gasteiger partial charge in [-0.15, -0.1) is 0 Å². The van der Waals surface area contributed by atoms with Gasteiger partial charge in [0.2, 0.25) is 0 Å². The van der Waals surface area contributed by atoms with Gasteiger partial charge in [0.05, 0.1) is 6.61 Å². The van der Waals surface area contributed by atoms with Gasteiger partial charge in [0.1, 0.15) is 5.69 Å². The second kappa shape index (κ2) is 8.27. The number of halogens is 1. The van der Waals surface area contributed by atoms with Gasteiger partial charge in [-0.1, -0.05) is 13.8 Å². The molecule has 1 heterocycles. The third kappa shape index (κ3) is 4.28. The van der Waals surface area contributed by atoms with E-state index in [1.54, 1.807) is 19.4 Å².